The van der Waals surface area contributed by atoms with Gasteiger partial charge < -0.3 is 15.7 Å². The monoisotopic (exact) mass is 192 g/mol. The second kappa shape index (κ2) is 4.20. The predicted molar refractivity (Wildman–Crippen MR) is 47.2 cm³/mol. The van der Waals surface area contributed by atoms with Crippen LogP contribution in [-0.2, 0) is 4.79 Å². The van der Waals surface area contributed by atoms with E-state index in [1.54, 1.807) is 13.8 Å². The molecular weight excluding hydrogens is 180 g/mol. The van der Waals surface area contributed by atoms with Crippen LogP contribution in [0, 0.1) is 0 Å². The molecule has 0 aliphatic carbocycles. The quantitative estimate of drug-likeness (QED) is 0.376. The van der Waals surface area contributed by atoms with Gasteiger partial charge in [-0.05, 0) is 13.8 Å². The molecule has 0 aliphatic heterocycles. The minimum Gasteiger partial charge on any atom is -0.480 e. The third-order valence-corrected chi connectivity index (χ3v) is 0.931. The number of carbonyl (C=O) groups is 2. The molecule has 0 rings (SSSR count). The number of amides is 2. The molecule has 0 unspecified atom stereocenters. The second-order valence-corrected chi connectivity index (χ2v) is 3.88. The summed E-state index contributed by atoms with van der Waals surface area (Å²) in [5, 5.41) is 12.8. The molecule has 6 heteroatoms. The van der Waals surface area contributed by atoms with Gasteiger partial charge in [-0.1, -0.05) is 0 Å². The average molecular weight is 192 g/mol. The highest BCUT2D eigenvalue weighted by Crippen LogP contribution is 2.05. The molecule has 0 saturated carbocycles. The first-order valence-electron chi connectivity index (χ1n) is 3.31. The number of hydrogen-bond donors (Lipinski definition) is 4. The first kappa shape index (κ1) is 11.1. The number of carboxylic acid groups (broad SMARTS) is 1. The summed E-state index contributed by atoms with van der Waals surface area (Å²) < 4.78 is 0. The van der Waals surface area contributed by atoms with Crippen LogP contribution in [0.25, 0.3) is 0 Å². The molecule has 5 nitrogen and oxygen atoms in total. The molecule has 0 spiro atoms. The Bertz CT molecular complexity index is 188. The van der Waals surface area contributed by atoms with Gasteiger partial charge in [-0.15, -0.1) is 0 Å². The molecular formula is C6H12N2O3S. The summed E-state index contributed by atoms with van der Waals surface area (Å²) in [6.07, 6.45) is 0. The summed E-state index contributed by atoms with van der Waals surface area (Å²) >= 11 is 4.02. The van der Waals surface area contributed by atoms with Gasteiger partial charge in [0.05, 0.1) is 4.87 Å². The van der Waals surface area contributed by atoms with E-state index in [2.05, 4.69) is 23.3 Å². The fraction of sp³-hybridized carbons (Fsp3) is 0.667. The normalized spacial score (nSPS) is 10.6. The number of thiol groups is 1. The van der Waals surface area contributed by atoms with Crippen LogP contribution in [0.3, 0.4) is 0 Å². The number of carbonyl (C=O) groups excluding carboxylic acids is 1. The summed E-state index contributed by atoms with van der Waals surface area (Å²) in [4.78, 5) is 20.2. The standard InChI is InChI=1S/C6H12N2O3S/c1-6(2,12)8-5(11)7-3-4(9)10/h12H,3H2,1-2H3,(H,9,10)(H2,7,8,11). The fourth-order valence-corrected chi connectivity index (χ4v) is 0.579. The second-order valence-electron chi connectivity index (χ2n) is 2.76. The zero-order valence-electron chi connectivity index (χ0n) is 6.92. The largest absolute Gasteiger partial charge is 0.480 e. The van der Waals surface area contributed by atoms with Crippen molar-refractivity contribution in [2.24, 2.45) is 0 Å². The Morgan fingerprint density at radius 3 is 2.33 bits per heavy atom. The number of nitrogens with one attached hydrogen (secondary N) is 2. The fourth-order valence-electron chi connectivity index (χ4n) is 0.478. The van der Waals surface area contributed by atoms with Crippen molar-refractivity contribution in [1.82, 2.24) is 10.6 Å². The van der Waals surface area contributed by atoms with Gasteiger partial charge in [-0.25, -0.2) is 4.79 Å². The lowest BCUT2D eigenvalue weighted by Gasteiger charge is -2.19. The Labute approximate surface area is 75.9 Å². The van der Waals surface area contributed by atoms with E-state index in [4.69, 9.17) is 5.11 Å². The lowest BCUT2D eigenvalue weighted by atomic mass is 10.4. The van der Waals surface area contributed by atoms with Crippen molar-refractivity contribution in [2.75, 3.05) is 6.54 Å². The molecule has 0 bridgehead atoms. The molecule has 0 aromatic rings. The molecule has 0 aromatic carbocycles. The lowest BCUT2D eigenvalue weighted by Crippen LogP contribution is -2.46. The van der Waals surface area contributed by atoms with E-state index in [-0.39, 0.29) is 0 Å². The minimum absolute atomic E-state index is 0.393. The first-order valence-corrected chi connectivity index (χ1v) is 3.76. The number of urea groups is 1. The molecule has 0 saturated heterocycles. The summed E-state index contributed by atoms with van der Waals surface area (Å²) in [7, 11) is 0. The van der Waals surface area contributed by atoms with Gasteiger partial charge in [-0.2, -0.15) is 12.6 Å². The van der Waals surface area contributed by atoms with Crippen LogP contribution in [0.5, 0.6) is 0 Å². The van der Waals surface area contributed by atoms with Gasteiger partial charge in [0.25, 0.3) is 0 Å². The summed E-state index contributed by atoms with van der Waals surface area (Å²) in [6.45, 7) is 2.96. The molecule has 12 heavy (non-hydrogen) atoms. The molecule has 0 fully saturated rings. The summed E-state index contributed by atoms with van der Waals surface area (Å²) in [6, 6.07) is -0.544. The predicted octanol–water partition coefficient (Wildman–Crippen LogP) is 0.0361. The Hall–Kier alpha value is -0.910. The van der Waals surface area contributed by atoms with Crippen molar-refractivity contribution in [1.29, 1.82) is 0 Å². The number of carboxylic acids is 1. The topological polar surface area (TPSA) is 78.4 Å². The van der Waals surface area contributed by atoms with E-state index in [0.717, 1.165) is 0 Å². The van der Waals surface area contributed by atoms with Crippen LogP contribution in [-0.4, -0.2) is 28.5 Å². The maximum absolute atomic E-state index is 10.8. The Kier molecular flexibility index (Phi) is 3.88. The van der Waals surface area contributed by atoms with E-state index in [1.807, 2.05) is 0 Å². The van der Waals surface area contributed by atoms with Crippen LogP contribution in [0.4, 0.5) is 4.79 Å². The average Bonchev–Trinajstić information content (AvgIpc) is 1.79. The van der Waals surface area contributed by atoms with Gasteiger partial charge in [0.2, 0.25) is 0 Å². The van der Waals surface area contributed by atoms with Gasteiger partial charge in [0.1, 0.15) is 6.54 Å². The van der Waals surface area contributed by atoms with E-state index >= 15 is 0 Å². The number of rotatable bonds is 3. The van der Waals surface area contributed by atoms with Gasteiger partial charge >= 0.3 is 12.0 Å². The van der Waals surface area contributed by atoms with Gasteiger partial charge in [0, 0.05) is 0 Å². The SMILES string of the molecule is CC(C)(S)NC(=O)NCC(=O)O. The van der Waals surface area contributed by atoms with E-state index in [1.165, 1.54) is 0 Å². The first-order chi connectivity index (χ1) is 5.31. The minimum atomic E-state index is -1.08. The third-order valence-electron chi connectivity index (χ3n) is 0.820. The molecule has 0 radical (unpaired) electrons. The Balaban J connectivity index is 3.68. The van der Waals surface area contributed by atoms with Crippen LogP contribution in [0.1, 0.15) is 13.8 Å². The Morgan fingerprint density at radius 2 is 2.00 bits per heavy atom. The van der Waals surface area contributed by atoms with Crippen molar-refractivity contribution < 1.29 is 14.7 Å². The van der Waals surface area contributed by atoms with Crippen molar-refractivity contribution in [3.63, 3.8) is 0 Å². The number of hydrogen-bond acceptors (Lipinski definition) is 3. The molecule has 0 atom stereocenters. The number of aliphatic carboxylic acids is 1. The molecule has 3 N–H and O–H groups in total. The molecule has 0 aromatic heterocycles. The highest BCUT2D eigenvalue weighted by Gasteiger charge is 2.14. The van der Waals surface area contributed by atoms with Crippen LogP contribution >= 0.6 is 12.6 Å². The van der Waals surface area contributed by atoms with Gasteiger partial charge in [-0.3, -0.25) is 4.79 Å². The zero-order valence-corrected chi connectivity index (χ0v) is 7.81. The smallest absolute Gasteiger partial charge is 0.323 e. The molecule has 70 valence electrons. The van der Waals surface area contributed by atoms with Gasteiger partial charge in [0.15, 0.2) is 0 Å². The molecule has 2 amide bonds. The maximum Gasteiger partial charge on any atom is 0.323 e. The van der Waals surface area contributed by atoms with Crippen LogP contribution in [0.2, 0.25) is 0 Å². The van der Waals surface area contributed by atoms with E-state index < -0.39 is 23.4 Å². The molecule has 0 heterocycles. The zero-order chi connectivity index (χ0) is 9.78. The summed E-state index contributed by atoms with van der Waals surface area (Å²) in [5.74, 6) is -1.08. The Morgan fingerprint density at radius 1 is 1.50 bits per heavy atom. The lowest BCUT2D eigenvalue weighted by molar-refractivity contribution is -0.135. The van der Waals surface area contributed by atoms with Crippen LogP contribution < -0.4 is 10.6 Å². The van der Waals surface area contributed by atoms with Crippen molar-refractivity contribution >= 4 is 24.6 Å². The van der Waals surface area contributed by atoms with E-state index in [9.17, 15) is 9.59 Å². The van der Waals surface area contributed by atoms with Crippen molar-refractivity contribution in [3.8, 4) is 0 Å². The van der Waals surface area contributed by atoms with Crippen molar-refractivity contribution in [2.45, 2.75) is 18.7 Å². The van der Waals surface area contributed by atoms with E-state index in [0.29, 0.717) is 0 Å². The van der Waals surface area contributed by atoms with Crippen LogP contribution in [0.15, 0.2) is 0 Å². The maximum atomic E-state index is 10.8. The molecule has 0 aliphatic rings. The van der Waals surface area contributed by atoms with Crippen molar-refractivity contribution in [3.05, 3.63) is 0 Å². The highest BCUT2D eigenvalue weighted by molar-refractivity contribution is 7.81. The summed E-state index contributed by atoms with van der Waals surface area (Å²) in [5.41, 5.74) is 0. The third kappa shape index (κ3) is 7.20. The highest BCUT2D eigenvalue weighted by atomic mass is 32.1.